The van der Waals surface area contributed by atoms with Crippen LogP contribution in [0, 0.1) is 0 Å². The van der Waals surface area contributed by atoms with Crippen molar-refractivity contribution in [2.45, 2.75) is 32.1 Å². The maximum atomic E-state index is 5.19. The summed E-state index contributed by atoms with van der Waals surface area (Å²) >= 11 is 0. The molecule has 0 saturated heterocycles. The molecule has 0 aliphatic heterocycles. The number of para-hydroxylation sites is 3. The monoisotopic (exact) mass is 653 g/mol. The fraction of sp³-hybridized carbons (Fsp3) is 0.104. The van der Waals surface area contributed by atoms with Gasteiger partial charge in [-0.2, -0.15) is 0 Å². The molecular weight excluding hydrogens is 619 g/mol. The Balaban J connectivity index is 1.10. The number of nitrogens with zero attached hydrogens (tertiary/aromatic N) is 3. The van der Waals surface area contributed by atoms with Gasteiger partial charge in [0.05, 0.1) is 22.2 Å². The Kier molecular flexibility index (Phi) is 5.85. The predicted molar refractivity (Wildman–Crippen MR) is 213 cm³/mol. The molecule has 3 aromatic heterocycles. The van der Waals surface area contributed by atoms with Crippen LogP contribution in [0.25, 0.3) is 78.1 Å². The third-order valence-corrected chi connectivity index (χ3v) is 11.6. The van der Waals surface area contributed by atoms with E-state index in [0.29, 0.717) is 0 Å². The zero-order valence-electron chi connectivity index (χ0n) is 28.7. The van der Waals surface area contributed by atoms with Crippen molar-refractivity contribution in [2.75, 3.05) is 0 Å². The van der Waals surface area contributed by atoms with Gasteiger partial charge >= 0.3 is 0 Å². The number of hydrogen-bond donors (Lipinski definition) is 0. The molecule has 0 unspecified atom stereocenters. The van der Waals surface area contributed by atoms with Gasteiger partial charge in [0.2, 0.25) is 0 Å². The summed E-state index contributed by atoms with van der Waals surface area (Å²) in [4.78, 5) is 5.19. The minimum absolute atomic E-state index is 0.0973. The molecule has 2 aliphatic rings. The van der Waals surface area contributed by atoms with Gasteiger partial charge in [-0.25, -0.2) is 4.98 Å². The average molecular weight is 654 g/mol. The molecule has 3 heteroatoms. The summed E-state index contributed by atoms with van der Waals surface area (Å²) in [6, 6.07) is 53.4. The van der Waals surface area contributed by atoms with Crippen molar-refractivity contribution >= 4 is 50.0 Å². The van der Waals surface area contributed by atoms with Crippen molar-refractivity contribution in [2.24, 2.45) is 0 Å². The van der Waals surface area contributed by atoms with Gasteiger partial charge in [-0.05, 0) is 111 Å². The lowest BCUT2D eigenvalue weighted by molar-refractivity contribution is 0.660. The van der Waals surface area contributed by atoms with Gasteiger partial charge < -0.3 is 0 Å². The standard InChI is InChI=1S/C48H35N3/c1-48(2)40-26-31(30-12-4-3-5-13-30)20-23-36(40)37-24-21-32(27-41(37)48)33-22-25-39-38-16-8-10-18-43(38)50(45(39)28-33)46-29-34-14-6-7-15-35(34)47-49-42-17-9-11-19-44(42)51(46)47/h3-21,23-24,26-29H,22,25H2,1-2H3. The summed E-state index contributed by atoms with van der Waals surface area (Å²) in [7, 11) is 0. The highest BCUT2D eigenvalue weighted by atomic mass is 15.2. The Morgan fingerprint density at radius 1 is 0.569 bits per heavy atom. The van der Waals surface area contributed by atoms with E-state index in [1.165, 1.54) is 72.1 Å². The quantitative estimate of drug-likeness (QED) is 0.186. The smallest absolute Gasteiger partial charge is 0.147 e. The summed E-state index contributed by atoms with van der Waals surface area (Å²) in [6.07, 6.45) is 4.48. The number of hydrogen-bond acceptors (Lipinski definition) is 1. The molecule has 6 aromatic carbocycles. The lowest BCUT2D eigenvalue weighted by atomic mass is 9.80. The van der Waals surface area contributed by atoms with Crippen molar-refractivity contribution in [1.82, 2.24) is 14.0 Å². The van der Waals surface area contributed by atoms with E-state index in [0.717, 1.165) is 40.7 Å². The van der Waals surface area contributed by atoms with Crippen molar-refractivity contribution in [3.05, 3.63) is 174 Å². The Labute approximate surface area is 296 Å². The molecule has 0 saturated carbocycles. The Bertz CT molecular complexity index is 2930. The molecule has 0 spiro atoms. The molecule has 0 bridgehead atoms. The number of aryl methyl sites for hydroxylation is 1. The number of allylic oxidation sites excluding steroid dienone is 1. The van der Waals surface area contributed by atoms with E-state index >= 15 is 0 Å². The molecule has 242 valence electrons. The third kappa shape index (κ3) is 4.03. The molecule has 9 aromatic rings. The van der Waals surface area contributed by atoms with Crippen LogP contribution < -0.4 is 0 Å². The predicted octanol–water partition coefficient (Wildman–Crippen LogP) is 12.0. The van der Waals surface area contributed by atoms with Gasteiger partial charge in [0.1, 0.15) is 11.5 Å². The summed E-state index contributed by atoms with van der Waals surface area (Å²) in [5, 5.41) is 3.68. The van der Waals surface area contributed by atoms with Crippen LogP contribution >= 0.6 is 0 Å². The maximum absolute atomic E-state index is 5.19. The lowest BCUT2D eigenvalue weighted by Gasteiger charge is -2.23. The van der Waals surface area contributed by atoms with Crippen LogP contribution in [0.15, 0.2) is 146 Å². The molecule has 11 rings (SSSR count). The highest BCUT2D eigenvalue weighted by Crippen LogP contribution is 2.51. The Morgan fingerprint density at radius 3 is 2.06 bits per heavy atom. The topological polar surface area (TPSA) is 22.2 Å². The number of fused-ring (bicyclic) bond motifs is 11. The summed E-state index contributed by atoms with van der Waals surface area (Å²) < 4.78 is 4.86. The fourth-order valence-electron chi connectivity index (χ4n) is 9.09. The van der Waals surface area contributed by atoms with Gasteiger partial charge in [-0.3, -0.25) is 8.97 Å². The highest BCUT2D eigenvalue weighted by molar-refractivity contribution is 6.02. The average Bonchev–Trinajstić information content (AvgIpc) is 3.80. The minimum atomic E-state index is -0.0973. The zero-order chi connectivity index (χ0) is 33.8. The SMILES string of the molecule is CC1(C)c2cc(C3=Cc4c(c5ccccc5n4-c4cc5ccccc5c5nc6ccccc6n45)CC3)ccc2-c2ccc(-c3ccccc3)cc21. The molecule has 51 heavy (non-hydrogen) atoms. The fourth-order valence-corrected chi connectivity index (χ4v) is 9.09. The van der Waals surface area contributed by atoms with E-state index in [1.807, 2.05) is 0 Å². The van der Waals surface area contributed by atoms with Crippen LogP contribution in [0.1, 0.15) is 48.2 Å². The van der Waals surface area contributed by atoms with Gasteiger partial charge in [0, 0.05) is 16.2 Å². The van der Waals surface area contributed by atoms with E-state index in [-0.39, 0.29) is 5.41 Å². The number of imidazole rings is 1. The molecule has 3 nitrogen and oxygen atoms in total. The minimum Gasteiger partial charge on any atom is -0.295 e. The first kappa shape index (κ1) is 28.6. The summed E-state index contributed by atoms with van der Waals surface area (Å²) in [5.74, 6) is 1.12. The van der Waals surface area contributed by atoms with Crippen LogP contribution in [0.3, 0.4) is 0 Å². The second kappa shape index (κ2) is 10.4. The second-order valence-electron chi connectivity index (χ2n) is 14.7. The van der Waals surface area contributed by atoms with Gasteiger partial charge in [-0.1, -0.05) is 123 Å². The molecule has 0 atom stereocenters. The van der Waals surface area contributed by atoms with Crippen LogP contribution in [-0.2, 0) is 11.8 Å². The first-order valence-electron chi connectivity index (χ1n) is 18.0. The van der Waals surface area contributed by atoms with Crippen LogP contribution in [0.4, 0.5) is 0 Å². The van der Waals surface area contributed by atoms with Gasteiger partial charge in [0.25, 0.3) is 0 Å². The Morgan fingerprint density at radius 2 is 1.24 bits per heavy atom. The number of rotatable bonds is 3. The molecule has 0 N–H and O–H groups in total. The van der Waals surface area contributed by atoms with Gasteiger partial charge in [0.15, 0.2) is 0 Å². The van der Waals surface area contributed by atoms with Crippen LogP contribution in [-0.4, -0.2) is 14.0 Å². The number of benzene rings is 6. The van der Waals surface area contributed by atoms with Crippen molar-refractivity contribution in [1.29, 1.82) is 0 Å². The third-order valence-electron chi connectivity index (χ3n) is 11.6. The van der Waals surface area contributed by atoms with E-state index in [4.69, 9.17) is 4.98 Å². The van der Waals surface area contributed by atoms with Crippen molar-refractivity contribution in [3.63, 3.8) is 0 Å². The first-order chi connectivity index (χ1) is 25.0. The first-order valence-corrected chi connectivity index (χ1v) is 18.0. The van der Waals surface area contributed by atoms with Crippen molar-refractivity contribution in [3.8, 4) is 28.1 Å². The number of aromatic nitrogens is 3. The largest absolute Gasteiger partial charge is 0.295 e. The van der Waals surface area contributed by atoms with E-state index in [1.54, 1.807) is 0 Å². The lowest BCUT2D eigenvalue weighted by Crippen LogP contribution is -2.15. The molecule has 3 heterocycles. The van der Waals surface area contributed by atoms with Crippen LogP contribution in [0.5, 0.6) is 0 Å². The maximum Gasteiger partial charge on any atom is 0.147 e. The molecule has 0 radical (unpaired) electrons. The number of pyridine rings is 1. The summed E-state index contributed by atoms with van der Waals surface area (Å²) in [5.41, 5.74) is 17.7. The zero-order valence-corrected chi connectivity index (χ0v) is 28.7. The normalized spacial score (nSPS) is 14.6. The molecule has 0 fully saturated rings. The Hall–Kier alpha value is -6.19. The molecular formula is C48H35N3. The highest BCUT2D eigenvalue weighted by Gasteiger charge is 2.36. The van der Waals surface area contributed by atoms with E-state index in [2.05, 4.69) is 174 Å². The summed E-state index contributed by atoms with van der Waals surface area (Å²) in [6.45, 7) is 4.78. The molecule has 2 aliphatic carbocycles. The van der Waals surface area contributed by atoms with Crippen molar-refractivity contribution < 1.29 is 0 Å². The second-order valence-corrected chi connectivity index (χ2v) is 14.7. The van der Waals surface area contributed by atoms with E-state index < -0.39 is 0 Å². The van der Waals surface area contributed by atoms with E-state index in [9.17, 15) is 0 Å². The van der Waals surface area contributed by atoms with Gasteiger partial charge in [-0.15, -0.1) is 0 Å². The molecule has 0 amide bonds. The van der Waals surface area contributed by atoms with Crippen LogP contribution in [0.2, 0.25) is 0 Å².